The normalized spacial score (nSPS) is 9.72. The van der Waals surface area contributed by atoms with Gasteiger partial charge in [0.05, 0.1) is 12.8 Å². The molecule has 1 rings (SSSR count). The molecule has 1 heterocycles. The number of nitrogen functional groups attached to an aromatic ring is 1. The lowest BCUT2D eigenvalue weighted by Gasteiger charge is -2.21. The van der Waals surface area contributed by atoms with Gasteiger partial charge in [-0.05, 0) is 13.0 Å². The van der Waals surface area contributed by atoms with Crippen LogP contribution in [0.3, 0.4) is 0 Å². The average molecular weight is 250 g/mol. The van der Waals surface area contributed by atoms with Gasteiger partial charge >= 0.3 is 0 Å². The van der Waals surface area contributed by atoms with E-state index in [0.29, 0.717) is 11.6 Å². The fourth-order valence-corrected chi connectivity index (χ4v) is 1.38. The number of nitrogens with zero attached hydrogens (tertiary/aromatic N) is 2. The van der Waals surface area contributed by atoms with Gasteiger partial charge in [-0.3, -0.25) is 4.79 Å². The van der Waals surface area contributed by atoms with Crippen molar-refractivity contribution in [3.63, 3.8) is 0 Å². The summed E-state index contributed by atoms with van der Waals surface area (Å²) in [5.74, 6) is 0.757. The lowest BCUT2D eigenvalue weighted by Crippen LogP contribution is -2.20. The van der Waals surface area contributed by atoms with E-state index in [2.05, 4.69) is 16.9 Å². The van der Waals surface area contributed by atoms with Crippen LogP contribution < -0.4 is 20.7 Å². The smallest absolute Gasteiger partial charge is 0.248 e. The molecule has 6 nitrogen and oxygen atoms in total. The summed E-state index contributed by atoms with van der Waals surface area (Å²) in [5, 5.41) is 2.62. The van der Waals surface area contributed by atoms with Crippen LogP contribution in [0.4, 0.5) is 17.3 Å². The fourth-order valence-electron chi connectivity index (χ4n) is 1.38. The van der Waals surface area contributed by atoms with Crippen molar-refractivity contribution in [2.45, 2.75) is 6.92 Å². The van der Waals surface area contributed by atoms with Crippen molar-refractivity contribution in [1.82, 2.24) is 4.98 Å². The lowest BCUT2D eigenvalue weighted by atomic mass is 10.3. The monoisotopic (exact) mass is 250 g/mol. The Balaban J connectivity index is 3.24. The van der Waals surface area contributed by atoms with Crippen LogP contribution in [0, 0.1) is 0 Å². The predicted octanol–water partition coefficient (Wildman–Crippen LogP) is 1.25. The van der Waals surface area contributed by atoms with Gasteiger partial charge in [-0.2, -0.15) is 0 Å². The SMILES string of the molecule is C=CC(=O)Nc1nc(N)c(OC)cc1N(C)CC. The summed E-state index contributed by atoms with van der Waals surface area (Å²) in [6.45, 7) is 6.14. The van der Waals surface area contributed by atoms with Gasteiger partial charge in [0.1, 0.15) is 0 Å². The highest BCUT2D eigenvalue weighted by molar-refractivity contribution is 6.00. The van der Waals surface area contributed by atoms with Gasteiger partial charge in [-0.25, -0.2) is 4.98 Å². The summed E-state index contributed by atoms with van der Waals surface area (Å²) in [6, 6.07) is 1.74. The first-order valence-electron chi connectivity index (χ1n) is 5.52. The Bertz CT molecular complexity index is 460. The predicted molar refractivity (Wildman–Crippen MR) is 73.0 cm³/mol. The van der Waals surface area contributed by atoms with Crippen molar-refractivity contribution in [2.75, 3.05) is 36.7 Å². The second-order valence-corrected chi connectivity index (χ2v) is 3.65. The molecule has 1 aromatic rings. The minimum absolute atomic E-state index is 0.227. The number of carbonyl (C=O) groups excluding carboxylic acids is 1. The molecule has 1 aromatic heterocycles. The van der Waals surface area contributed by atoms with Crippen LogP contribution in [-0.4, -0.2) is 31.6 Å². The minimum atomic E-state index is -0.335. The molecule has 0 radical (unpaired) electrons. The Hall–Kier alpha value is -2.24. The zero-order chi connectivity index (χ0) is 13.7. The Morgan fingerprint density at radius 3 is 2.89 bits per heavy atom. The van der Waals surface area contributed by atoms with Crippen LogP contribution in [0.25, 0.3) is 0 Å². The Kier molecular flexibility index (Phi) is 4.53. The molecule has 0 fully saturated rings. The Labute approximate surface area is 106 Å². The molecule has 18 heavy (non-hydrogen) atoms. The maximum Gasteiger partial charge on any atom is 0.248 e. The summed E-state index contributed by atoms with van der Waals surface area (Å²) in [6.07, 6.45) is 1.18. The molecule has 0 aliphatic carbocycles. The summed E-state index contributed by atoms with van der Waals surface area (Å²) >= 11 is 0. The first kappa shape index (κ1) is 13.8. The van der Waals surface area contributed by atoms with Crippen LogP contribution in [0.1, 0.15) is 6.92 Å². The van der Waals surface area contributed by atoms with Crippen molar-refractivity contribution in [3.8, 4) is 5.75 Å². The Morgan fingerprint density at radius 2 is 2.39 bits per heavy atom. The number of nitrogens with one attached hydrogen (secondary N) is 1. The lowest BCUT2D eigenvalue weighted by molar-refractivity contribution is -0.111. The van der Waals surface area contributed by atoms with E-state index in [1.165, 1.54) is 13.2 Å². The summed E-state index contributed by atoms with van der Waals surface area (Å²) in [4.78, 5) is 17.4. The van der Waals surface area contributed by atoms with E-state index in [0.717, 1.165) is 12.2 Å². The van der Waals surface area contributed by atoms with Gasteiger partial charge < -0.3 is 20.7 Å². The number of hydrogen-bond acceptors (Lipinski definition) is 5. The van der Waals surface area contributed by atoms with E-state index >= 15 is 0 Å². The van der Waals surface area contributed by atoms with E-state index in [-0.39, 0.29) is 11.7 Å². The highest BCUT2D eigenvalue weighted by Gasteiger charge is 2.14. The van der Waals surface area contributed by atoms with Crippen molar-refractivity contribution in [1.29, 1.82) is 0 Å². The number of ether oxygens (including phenoxy) is 1. The van der Waals surface area contributed by atoms with Crippen LogP contribution in [0.5, 0.6) is 5.75 Å². The Morgan fingerprint density at radius 1 is 1.72 bits per heavy atom. The average Bonchev–Trinajstić information content (AvgIpc) is 2.38. The standard InChI is InChI=1S/C12H18N4O2/c1-5-10(17)14-12-8(16(3)6-2)7-9(18-4)11(13)15-12/h5,7H,1,6H2,2-4H3,(H3,13,14,15,17). The molecule has 0 spiro atoms. The van der Waals surface area contributed by atoms with E-state index < -0.39 is 0 Å². The van der Waals surface area contributed by atoms with E-state index in [1.807, 2.05) is 18.9 Å². The number of carbonyl (C=O) groups is 1. The molecule has 0 atom stereocenters. The molecular weight excluding hydrogens is 232 g/mol. The van der Waals surface area contributed by atoms with Crippen molar-refractivity contribution >= 4 is 23.2 Å². The molecule has 0 unspecified atom stereocenters. The summed E-state index contributed by atoms with van der Waals surface area (Å²) < 4.78 is 5.12. The molecule has 0 bridgehead atoms. The summed E-state index contributed by atoms with van der Waals surface area (Å²) in [7, 11) is 3.40. The summed E-state index contributed by atoms with van der Waals surface area (Å²) in [5.41, 5.74) is 6.46. The molecule has 1 amide bonds. The largest absolute Gasteiger partial charge is 0.493 e. The van der Waals surface area contributed by atoms with Gasteiger partial charge in [0.25, 0.3) is 0 Å². The van der Waals surface area contributed by atoms with E-state index in [1.54, 1.807) is 6.07 Å². The zero-order valence-electron chi connectivity index (χ0n) is 10.9. The van der Waals surface area contributed by atoms with E-state index in [4.69, 9.17) is 10.5 Å². The second-order valence-electron chi connectivity index (χ2n) is 3.65. The quantitative estimate of drug-likeness (QED) is 0.769. The number of amides is 1. The minimum Gasteiger partial charge on any atom is -0.493 e. The fraction of sp³-hybridized carbons (Fsp3) is 0.333. The van der Waals surface area contributed by atoms with Gasteiger partial charge in [0.15, 0.2) is 17.4 Å². The van der Waals surface area contributed by atoms with Crippen molar-refractivity contribution in [3.05, 3.63) is 18.7 Å². The first-order valence-corrected chi connectivity index (χ1v) is 5.52. The molecule has 0 aliphatic heterocycles. The molecule has 6 heteroatoms. The molecule has 0 aromatic carbocycles. The molecule has 0 aliphatic rings. The van der Waals surface area contributed by atoms with Crippen LogP contribution in [0.15, 0.2) is 18.7 Å². The highest BCUT2D eigenvalue weighted by atomic mass is 16.5. The number of hydrogen-bond donors (Lipinski definition) is 2. The number of aromatic nitrogens is 1. The number of methoxy groups -OCH3 is 1. The van der Waals surface area contributed by atoms with Gasteiger partial charge in [-0.15, -0.1) is 0 Å². The maximum atomic E-state index is 11.4. The molecule has 0 saturated carbocycles. The highest BCUT2D eigenvalue weighted by Crippen LogP contribution is 2.31. The van der Waals surface area contributed by atoms with E-state index in [9.17, 15) is 4.79 Å². The topological polar surface area (TPSA) is 80.5 Å². The number of pyridine rings is 1. The molecule has 98 valence electrons. The third-order valence-corrected chi connectivity index (χ3v) is 2.53. The zero-order valence-corrected chi connectivity index (χ0v) is 10.9. The van der Waals surface area contributed by atoms with Crippen molar-refractivity contribution in [2.24, 2.45) is 0 Å². The van der Waals surface area contributed by atoms with Gasteiger partial charge in [-0.1, -0.05) is 6.58 Å². The van der Waals surface area contributed by atoms with Crippen molar-refractivity contribution < 1.29 is 9.53 Å². The molecular formula is C12H18N4O2. The first-order chi connectivity index (χ1) is 8.53. The third-order valence-electron chi connectivity index (χ3n) is 2.53. The van der Waals surface area contributed by atoms with Crippen LogP contribution in [-0.2, 0) is 4.79 Å². The number of rotatable bonds is 5. The third kappa shape index (κ3) is 2.91. The molecule has 3 N–H and O–H groups in total. The molecule has 0 saturated heterocycles. The van der Waals surface area contributed by atoms with Crippen LogP contribution >= 0.6 is 0 Å². The number of anilines is 3. The van der Waals surface area contributed by atoms with Crippen LogP contribution in [0.2, 0.25) is 0 Å². The van der Waals surface area contributed by atoms with Gasteiger partial charge in [0.2, 0.25) is 5.91 Å². The van der Waals surface area contributed by atoms with Gasteiger partial charge in [0, 0.05) is 19.7 Å². The maximum absolute atomic E-state index is 11.4. The second kappa shape index (κ2) is 5.90. The number of nitrogens with two attached hydrogens (primary N) is 1.